The van der Waals surface area contributed by atoms with Crippen LogP contribution in [0.15, 0.2) is 0 Å². The first kappa shape index (κ1) is 16.3. The number of piperidine rings is 1. The van der Waals surface area contributed by atoms with Gasteiger partial charge < -0.3 is 10.0 Å². The van der Waals surface area contributed by atoms with E-state index in [9.17, 15) is 14.7 Å². The first-order valence-corrected chi connectivity index (χ1v) is 8.51. The number of rotatable bonds is 4. The van der Waals surface area contributed by atoms with Gasteiger partial charge in [0.15, 0.2) is 0 Å². The summed E-state index contributed by atoms with van der Waals surface area (Å²) in [5, 5.41) is 9.51. The Balaban J connectivity index is 2.21. The normalized spacial score (nSPS) is 33.0. The second-order valence-electron chi connectivity index (χ2n) is 6.96. The summed E-state index contributed by atoms with van der Waals surface area (Å²) in [4.78, 5) is 26.1. The maximum atomic E-state index is 12.6. The van der Waals surface area contributed by atoms with Crippen LogP contribution in [0.1, 0.15) is 65.7 Å². The van der Waals surface area contributed by atoms with Gasteiger partial charge in [0.2, 0.25) is 5.91 Å². The minimum Gasteiger partial charge on any atom is -0.481 e. The standard InChI is InChI=1S/C17H29NO3/c1-4-14(13-8-6-5-7-9-13)18-12(3)16(17(20)21)11(2)10-15(18)19/h11-14,16H,4-10H2,1-3H3,(H,20,21). The molecule has 1 saturated heterocycles. The van der Waals surface area contributed by atoms with Gasteiger partial charge in [0, 0.05) is 18.5 Å². The van der Waals surface area contributed by atoms with Crippen molar-refractivity contribution in [1.29, 1.82) is 0 Å². The summed E-state index contributed by atoms with van der Waals surface area (Å²) in [5.74, 6) is -0.542. The number of carboxylic acid groups (broad SMARTS) is 1. The molecule has 1 amide bonds. The third-order valence-electron chi connectivity index (χ3n) is 5.61. The molecule has 21 heavy (non-hydrogen) atoms. The van der Waals surface area contributed by atoms with Crippen molar-refractivity contribution in [3.05, 3.63) is 0 Å². The Hall–Kier alpha value is -1.06. The molecule has 0 aromatic carbocycles. The molecule has 0 radical (unpaired) electrons. The van der Waals surface area contributed by atoms with Gasteiger partial charge in [-0.3, -0.25) is 9.59 Å². The molecule has 4 heteroatoms. The summed E-state index contributed by atoms with van der Waals surface area (Å²) < 4.78 is 0. The van der Waals surface area contributed by atoms with Crippen molar-refractivity contribution >= 4 is 11.9 Å². The number of aliphatic carboxylic acids is 1. The van der Waals surface area contributed by atoms with Gasteiger partial charge in [0.25, 0.3) is 0 Å². The van der Waals surface area contributed by atoms with Gasteiger partial charge in [0.1, 0.15) is 0 Å². The molecule has 1 aliphatic carbocycles. The molecular weight excluding hydrogens is 266 g/mol. The zero-order valence-corrected chi connectivity index (χ0v) is 13.5. The van der Waals surface area contributed by atoms with Gasteiger partial charge >= 0.3 is 5.97 Å². The predicted molar refractivity (Wildman–Crippen MR) is 81.9 cm³/mol. The molecule has 1 aliphatic heterocycles. The minimum atomic E-state index is -0.758. The maximum Gasteiger partial charge on any atom is 0.308 e. The predicted octanol–water partition coefficient (Wildman–Crippen LogP) is 3.30. The molecule has 2 fully saturated rings. The fourth-order valence-electron chi connectivity index (χ4n) is 4.60. The van der Waals surface area contributed by atoms with Crippen LogP contribution in [0.4, 0.5) is 0 Å². The number of carboxylic acids is 1. The molecule has 4 nitrogen and oxygen atoms in total. The highest BCUT2D eigenvalue weighted by Crippen LogP contribution is 2.37. The van der Waals surface area contributed by atoms with Crippen LogP contribution in [-0.4, -0.2) is 34.0 Å². The first-order chi connectivity index (χ1) is 9.97. The summed E-state index contributed by atoms with van der Waals surface area (Å²) in [6.45, 7) is 5.96. The molecule has 1 heterocycles. The van der Waals surface area contributed by atoms with Crippen molar-refractivity contribution < 1.29 is 14.7 Å². The van der Waals surface area contributed by atoms with Crippen LogP contribution < -0.4 is 0 Å². The molecule has 0 aromatic rings. The molecule has 4 unspecified atom stereocenters. The molecule has 4 atom stereocenters. The van der Waals surface area contributed by atoms with Crippen molar-refractivity contribution in [3.63, 3.8) is 0 Å². The van der Waals surface area contributed by atoms with Crippen molar-refractivity contribution in [1.82, 2.24) is 4.90 Å². The molecule has 2 rings (SSSR count). The number of hydrogen-bond acceptors (Lipinski definition) is 2. The average Bonchev–Trinajstić information content (AvgIpc) is 2.43. The number of hydrogen-bond donors (Lipinski definition) is 1. The molecule has 0 aromatic heterocycles. The summed E-state index contributed by atoms with van der Waals surface area (Å²) in [5.41, 5.74) is 0. The Kier molecular flexibility index (Phi) is 5.28. The summed E-state index contributed by atoms with van der Waals surface area (Å²) in [6, 6.07) is 0.0350. The SMILES string of the molecule is CCC(C1CCCCC1)N1C(=O)CC(C)C(C(=O)O)C1C. The van der Waals surface area contributed by atoms with Gasteiger partial charge in [-0.2, -0.15) is 0 Å². The van der Waals surface area contributed by atoms with Crippen molar-refractivity contribution in [3.8, 4) is 0 Å². The largest absolute Gasteiger partial charge is 0.481 e. The van der Waals surface area contributed by atoms with Crippen LogP contribution in [0.5, 0.6) is 0 Å². The lowest BCUT2D eigenvalue weighted by molar-refractivity contribution is -0.158. The van der Waals surface area contributed by atoms with Crippen LogP contribution in [0.2, 0.25) is 0 Å². The van der Waals surface area contributed by atoms with Crippen LogP contribution in [0, 0.1) is 17.8 Å². The maximum absolute atomic E-state index is 12.6. The van der Waals surface area contributed by atoms with Crippen molar-refractivity contribution in [2.75, 3.05) is 0 Å². The number of nitrogens with zero attached hydrogens (tertiary/aromatic N) is 1. The van der Waals surface area contributed by atoms with E-state index in [0.29, 0.717) is 12.3 Å². The monoisotopic (exact) mass is 295 g/mol. The summed E-state index contributed by atoms with van der Waals surface area (Å²) in [7, 11) is 0. The number of amides is 1. The summed E-state index contributed by atoms with van der Waals surface area (Å²) >= 11 is 0. The average molecular weight is 295 g/mol. The Morgan fingerprint density at radius 1 is 1.29 bits per heavy atom. The quantitative estimate of drug-likeness (QED) is 0.865. The van der Waals surface area contributed by atoms with Gasteiger partial charge in [0.05, 0.1) is 5.92 Å². The highest BCUT2D eigenvalue weighted by atomic mass is 16.4. The molecule has 120 valence electrons. The van der Waals surface area contributed by atoms with E-state index in [4.69, 9.17) is 0 Å². The molecule has 1 N–H and O–H groups in total. The highest BCUT2D eigenvalue weighted by Gasteiger charge is 2.45. The lowest BCUT2D eigenvalue weighted by Gasteiger charge is -2.47. The number of carbonyl (C=O) groups excluding carboxylic acids is 1. The van der Waals surface area contributed by atoms with E-state index in [-0.39, 0.29) is 23.9 Å². The Bertz CT molecular complexity index is 389. The van der Waals surface area contributed by atoms with Crippen molar-refractivity contribution in [2.45, 2.75) is 77.8 Å². The smallest absolute Gasteiger partial charge is 0.308 e. The van der Waals surface area contributed by atoms with E-state index in [1.54, 1.807) is 0 Å². The van der Waals surface area contributed by atoms with Gasteiger partial charge in [-0.1, -0.05) is 33.1 Å². The van der Waals surface area contributed by atoms with E-state index >= 15 is 0 Å². The van der Waals surface area contributed by atoms with E-state index in [2.05, 4.69) is 6.92 Å². The van der Waals surface area contributed by atoms with Crippen LogP contribution in [0.25, 0.3) is 0 Å². The van der Waals surface area contributed by atoms with Gasteiger partial charge in [-0.05, 0) is 38.0 Å². The minimum absolute atomic E-state index is 0.0647. The van der Waals surface area contributed by atoms with E-state index in [1.807, 2.05) is 18.7 Å². The zero-order chi connectivity index (χ0) is 15.6. The van der Waals surface area contributed by atoms with E-state index in [0.717, 1.165) is 6.42 Å². The number of likely N-dealkylation sites (tertiary alicyclic amines) is 1. The highest BCUT2D eigenvalue weighted by molar-refractivity contribution is 5.82. The summed E-state index contributed by atoms with van der Waals surface area (Å²) in [6.07, 6.45) is 7.47. The Morgan fingerprint density at radius 2 is 1.90 bits per heavy atom. The van der Waals surface area contributed by atoms with Gasteiger partial charge in [-0.15, -0.1) is 0 Å². The van der Waals surface area contributed by atoms with E-state index in [1.165, 1.54) is 32.1 Å². The second-order valence-corrected chi connectivity index (χ2v) is 6.96. The fourth-order valence-corrected chi connectivity index (χ4v) is 4.60. The Labute approximate surface area is 127 Å². The fraction of sp³-hybridized carbons (Fsp3) is 0.882. The third kappa shape index (κ3) is 3.24. The van der Waals surface area contributed by atoms with Crippen LogP contribution in [0.3, 0.4) is 0 Å². The van der Waals surface area contributed by atoms with Crippen LogP contribution >= 0.6 is 0 Å². The lowest BCUT2D eigenvalue weighted by atomic mass is 9.76. The van der Waals surface area contributed by atoms with Crippen molar-refractivity contribution in [2.24, 2.45) is 17.8 Å². The topological polar surface area (TPSA) is 57.6 Å². The van der Waals surface area contributed by atoms with Gasteiger partial charge in [-0.25, -0.2) is 0 Å². The number of carbonyl (C=O) groups is 2. The lowest BCUT2D eigenvalue weighted by Crippen LogP contribution is -2.58. The molecule has 0 spiro atoms. The zero-order valence-electron chi connectivity index (χ0n) is 13.5. The Morgan fingerprint density at radius 3 is 2.43 bits per heavy atom. The first-order valence-electron chi connectivity index (χ1n) is 8.51. The molecular formula is C17H29NO3. The van der Waals surface area contributed by atoms with Crippen LogP contribution in [-0.2, 0) is 9.59 Å². The molecule has 1 saturated carbocycles. The third-order valence-corrected chi connectivity index (χ3v) is 5.61. The van der Waals surface area contributed by atoms with E-state index < -0.39 is 11.9 Å². The molecule has 2 aliphatic rings. The second kappa shape index (κ2) is 6.80. The molecule has 0 bridgehead atoms.